The van der Waals surface area contributed by atoms with Gasteiger partial charge >= 0.3 is 0 Å². The number of nitrogens with one attached hydrogen (secondary N) is 1. The van der Waals surface area contributed by atoms with Gasteiger partial charge in [-0.15, -0.1) is 0 Å². The molecular weight excluding hydrogens is 168 g/mol. The van der Waals surface area contributed by atoms with Crippen molar-refractivity contribution in [1.29, 1.82) is 0 Å². The summed E-state index contributed by atoms with van der Waals surface area (Å²) in [6, 6.07) is 1.74. The smallest absolute Gasteiger partial charge is 0.245 e. The normalized spacial score (nSPS) is 18.3. The summed E-state index contributed by atoms with van der Waals surface area (Å²) in [5.41, 5.74) is 5.09. The second-order valence-corrected chi connectivity index (χ2v) is 3.45. The number of nitrogens with two attached hydrogens (primary N) is 1. The summed E-state index contributed by atoms with van der Waals surface area (Å²) in [6.45, 7) is 0. The van der Waals surface area contributed by atoms with Crippen molar-refractivity contribution in [2.24, 2.45) is 12.8 Å². The molecule has 3 N–H and O–H groups in total. The monoisotopic (exact) mass is 180 g/mol. The third-order valence-electron chi connectivity index (χ3n) is 2.30. The molecule has 0 aromatic carbocycles. The minimum atomic E-state index is -0.621. The van der Waals surface area contributed by atoms with Crippen LogP contribution in [0.15, 0.2) is 12.3 Å². The first-order valence-electron chi connectivity index (χ1n) is 4.20. The van der Waals surface area contributed by atoms with Crippen molar-refractivity contribution in [3.8, 4) is 0 Å². The summed E-state index contributed by atoms with van der Waals surface area (Å²) in [4.78, 5) is 11.5. The van der Waals surface area contributed by atoms with Crippen molar-refractivity contribution >= 4 is 11.7 Å². The molecule has 1 aromatic heterocycles. The number of rotatable bonds is 2. The summed E-state index contributed by atoms with van der Waals surface area (Å²) < 4.78 is 1.60. The van der Waals surface area contributed by atoms with E-state index in [1.807, 2.05) is 0 Å². The zero-order valence-corrected chi connectivity index (χ0v) is 7.45. The van der Waals surface area contributed by atoms with Gasteiger partial charge in [-0.1, -0.05) is 0 Å². The summed E-state index contributed by atoms with van der Waals surface area (Å²) in [5, 5.41) is 6.66. The SMILES string of the molecule is Cn1nccc1NC(=O)C1(N)CC1. The number of hydrogen-bond acceptors (Lipinski definition) is 3. The van der Waals surface area contributed by atoms with Crippen LogP contribution in [0.1, 0.15) is 12.8 Å². The third kappa shape index (κ3) is 1.42. The maximum absolute atomic E-state index is 11.5. The zero-order valence-electron chi connectivity index (χ0n) is 7.45. The van der Waals surface area contributed by atoms with Crippen LogP contribution >= 0.6 is 0 Å². The molecule has 2 rings (SSSR count). The van der Waals surface area contributed by atoms with Crippen molar-refractivity contribution in [2.75, 3.05) is 5.32 Å². The highest BCUT2D eigenvalue weighted by molar-refractivity contribution is 5.99. The average Bonchev–Trinajstić information content (AvgIpc) is 2.72. The van der Waals surface area contributed by atoms with Crippen LogP contribution in [0.2, 0.25) is 0 Å². The third-order valence-corrected chi connectivity index (χ3v) is 2.30. The molecule has 1 fully saturated rings. The van der Waals surface area contributed by atoms with Crippen LogP contribution in [0.4, 0.5) is 5.82 Å². The van der Waals surface area contributed by atoms with Gasteiger partial charge in [-0.25, -0.2) is 0 Å². The fourth-order valence-corrected chi connectivity index (χ4v) is 1.10. The average molecular weight is 180 g/mol. The second kappa shape index (κ2) is 2.56. The van der Waals surface area contributed by atoms with Crippen LogP contribution in [0.3, 0.4) is 0 Å². The molecule has 0 saturated heterocycles. The molecule has 1 amide bonds. The first kappa shape index (κ1) is 8.25. The maximum Gasteiger partial charge on any atom is 0.245 e. The quantitative estimate of drug-likeness (QED) is 0.664. The fourth-order valence-electron chi connectivity index (χ4n) is 1.10. The molecule has 1 aliphatic rings. The summed E-state index contributed by atoms with van der Waals surface area (Å²) in [7, 11) is 1.77. The minimum absolute atomic E-state index is 0.115. The van der Waals surface area contributed by atoms with Crippen molar-refractivity contribution < 1.29 is 4.79 Å². The van der Waals surface area contributed by atoms with Crippen molar-refractivity contribution in [2.45, 2.75) is 18.4 Å². The highest BCUT2D eigenvalue weighted by Crippen LogP contribution is 2.33. The van der Waals surface area contributed by atoms with E-state index in [0.29, 0.717) is 5.82 Å². The Morgan fingerprint density at radius 2 is 2.46 bits per heavy atom. The fraction of sp³-hybridized carbons (Fsp3) is 0.500. The van der Waals surface area contributed by atoms with E-state index < -0.39 is 5.54 Å². The van der Waals surface area contributed by atoms with Crippen LogP contribution in [0, 0.1) is 0 Å². The Bertz CT molecular complexity index is 340. The number of aromatic nitrogens is 2. The number of aryl methyl sites for hydroxylation is 1. The first-order valence-corrected chi connectivity index (χ1v) is 4.20. The Hall–Kier alpha value is -1.36. The predicted molar refractivity (Wildman–Crippen MR) is 48.0 cm³/mol. The Morgan fingerprint density at radius 3 is 2.92 bits per heavy atom. The molecule has 70 valence electrons. The standard InChI is InChI=1S/C8H12N4O/c1-12-6(2-5-10-12)11-7(13)8(9)3-4-8/h2,5H,3-4,9H2,1H3,(H,11,13). The van der Waals surface area contributed by atoms with Gasteiger partial charge in [-0.2, -0.15) is 5.10 Å². The lowest BCUT2D eigenvalue weighted by atomic mass is 10.3. The first-order chi connectivity index (χ1) is 6.12. The lowest BCUT2D eigenvalue weighted by Crippen LogP contribution is -2.38. The Balaban J connectivity index is 2.06. The van der Waals surface area contributed by atoms with Crippen LogP contribution in [0.5, 0.6) is 0 Å². The largest absolute Gasteiger partial charge is 0.317 e. The summed E-state index contributed by atoms with van der Waals surface area (Å²) in [5.74, 6) is 0.567. The molecule has 0 bridgehead atoms. The minimum Gasteiger partial charge on any atom is -0.317 e. The van der Waals surface area contributed by atoms with E-state index in [-0.39, 0.29) is 5.91 Å². The highest BCUT2D eigenvalue weighted by atomic mass is 16.2. The lowest BCUT2D eigenvalue weighted by molar-refractivity contribution is -0.118. The molecule has 0 aliphatic heterocycles. The molecule has 5 heteroatoms. The number of nitrogens with zero attached hydrogens (tertiary/aromatic N) is 2. The number of carbonyl (C=O) groups excluding carboxylic acids is 1. The van der Waals surface area contributed by atoms with E-state index >= 15 is 0 Å². The predicted octanol–water partition coefficient (Wildman–Crippen LogP) is -0.150. The molecule has 0 spiro atoms. The molecule has 5 nitrogen and oxygen atoms in total. The van der Waals surface area contributed by atoms with Gasteiger partial charge in [-0.05, 0) is 12.8 Å². The van der Waals surface area contributed by atoms with E-state index in [4.69, 9.17) is 5.73 Å². The van der Waals surface area contributed by atoms with Crippen LogP contribution in [-0.2, 0) is 11.8 Å². The van der Waals surface area contributed by atoms with Crippen molar-refractivity contribution in [3.63, 3.8) is 0 Å². The van der Waals surface area contributed by atoms with E-state index in [9.17, 15) is 4.79 Å². The van der Waals surface area contributed by atoms with Crippen LogP contribution < -0.4 is 11.1 Å². The molecule has 0 atom stereocenters. The number of anilines is 1. The molecular formula is C8H12N4O. The van der Waals surface area contributed by atoms with Gasteiger partial charge in [0.15, 0.2) is 0 Å². The lowest BCUT2D eigenvalue weighted by Gasteiger charge is -2.09. The van der Waals surface area contributed by atoms with Gasteiger partial charge in [0.1, 0.15) is 5.82 Å². The number of carbonyl (C=O) groups is 1. The van der Waals surface area contributed by atoms with Gasteiger partial charge in [0, 0.05) is 13.1 Å². The molecule has 1 heterocycles. The second-order valence-electron chi connectivity index (χ2n) is 3.45. The topological polar surface area (TPSA) is 72.9 Å². The van der Waals surface area contributed by atoms with E-state index in [1.165, 1.54) is 0 Å². The van der Waals surface area contributed by atoms with Gasteiger partial charge in [0.05, 0.1) is 11.7 Å². The zero-order chi connectivity index (χ0) is 9.47. The van der Waals surface area contributed by atoms with Crippen LogP contribution in [-0.4, -0.2) is 21.2 Å². The van der Waals surface area contributed by atoms with E-state index in [2.05, 4.69) is 10.4 Å². The summed E-state index contributed by atoms with van der Waals surface area (Å²) in [6.07, 6.45) is 3.18. The molecule has 0 radical (unpaired) electrons. The Morgan fingerprint density at radius 1 is 1.77 bits per heavy atom. The number of amides is 1. The van der Waals surface area contributed by atoms with Gasteiger partial charge in [-0.3, -0.25) is 9.48 Å². The molecule has 1 saturated carbocycles. The Labute approximate surface area is 75.9 Å². The van der Waals surface area contributed by atoms with Crippen molar-refractivity contribution in [3.05, 3.63) is 12.3 Å². The maximum atomic E-state index is 11.5. The highest BCUT2D eigenvalue weighted by Gasteiger charge is 2.46. The van der Waals surface area contributed by atoms with Gasteiger partial charge in [0.25, 0.3) is 0 Å². The van der Waals surface area contributed by atoms with E-state index in [0.717, 1.165) is 12.8 Å². The van der Waals surface area contributed by atoms with Gasteiger partial charge < -0.3 is 11.1 Å². The van der Waals surface area contributed by atoms with Gasteiger partial charge in [0.2, 0.25) is 5.91 Å². The Kier molecular flexibility index (Phi) is 1.63. The molecule has 0 unspecified atom stereocenters. The molecule has 13 heavy (non-hydrogen) atoms. The summed E-state index contributed by atoms with van der Waals surface area (Å²) >= 11 is 0. The molecule has 1 aromatic rings. The number of hydrogen-bond donors (Lipinski definition) is 2. The van der Waals surface area contributed by atoms with E-state index in [1.54, 1.807) is 24.0 Å². The van der Waals surface area contributed by atoms with Crippen molar-refractivity contribution in [1.82, 2.24) is 9.78 Å². The molecule has 1 aliphatic carbocycles. The van der Waals surface area contributed by atoms with Crippen LogP contribution in [0.25, 0.3) is 0 Å².